The zero-order chi connectivity index (χ0) is 21.1. The van der Waals surface area contributed by atoms with Crippen LogP contribution < -0.4 is 0 Å². The maximum atomic E-state index is 2.35. The third-order valence-electron chi connectivity index (χ3n) is 6.28. The molecule has 150 valence electrons. The van der Waals surface area contributed by atoms with E-state index in [0.29, 0.717) is 0 Å². The molecule has 0 aliphatic rings. The highest BCUT2D eigenvalue weighted by atomic mass is 32.1. The van der Waals surface area contributed by atoms with E-state index in [0.717, 1.165) is 0 Å². The number of thiophene rings is 2. The normalized spacial score (nSPS) is 11.8. The van der Waals surface area contributed by atoms with Crippen LogP contribution in [0.15, 0.2) is 109 Å². The van der Waals surface area contributed by atoms with E-state index in [2.05, 4.69) is 109 Å². The molecular formula is C30H18S2. The Labute approximate surface area is 194 Å². The smallest absolute Gasteiger partial charge is 0.0355 e. The predicted molar refractivity (Wildman–Crippen MR) is 143 cm³/mol. The maximum absolute atomic E-state index is 2.35. The van der Waals surface area contributed by atoms with Gasteiger partial charge < -0.3 is 0 Å². The highest BCUT2D eigenvalue weighted by Gasteiger charge is 2.09. The van der Waals surface area contributed by atoms with Gasteiger partial charge in [0.2, 0.25) is 0 Å². The lowest BCUT2D eigenvalue weighted by molar-refractivity contribution is 1.62. The zero-order valence-electron chi connectivity index (χ0n) is 17.2. The molecule has 0 unspecified atom stereocenters. The first kappa shape index (κ1) is 18.1. The molecule has 7 rings (SSSR count). The average molecular weight is 443 g/mol. The van der Waals surface area contributed by atoms with Crippen LogP contribution in [-0.2, 0) is 0 Å². The van der Waals surface area contributed by atoms with E-state index < -0.39 is 0 Å². The second-order valence-corrected chi connectivity index (χ2v) is 10.4. The van der Waals surface area contributed by atoms with Gasteiger partial charge in [-0.05, 0) is 64.7 Å². The van der Waals surface area contributed by atoms with Gasteiger partial charge in [0.15, 0.2) is 0 Å². The van der Waals surface area contributed by atoms with Crippen LogP contribution in [0.25, 0.3) is 62.6 Å². The van der Waals surface area contributed by atoms with Gasteiger partial charge in [0.1, 0.15) is 0 Å². The molecule has 0 aliphatic carbocycles. The van der Waals surface area contributed by atoms with Crippen molar-refractivity contribution in [1.29, 1.82) is 0 Å². The van der Waals surface area contributed by atoms with Crippen LogP contribution in [0.2, 0.25) is 0 Å². The van der Waals surface area contributed by atoms with Gasteiger partial charge in [-0.3, -0.25) is 0 Å². The van der Waals surface area contributed by atoms with E-state index in [4.69, 9.17) is 0 Å². The lowest BCUT2D eigenvalue weighted by Gasteiger charge is -2.07. The van der Waals surface area contributed by atoms with Gasteiger partial charge in [-0.15, -0.1) is 22.7 Å². The van der Waals surface area contributed by atoms with Crippen molar-refractivity contribution in [3.05, 3.63) is 109 Å². The standard InChI is InChI=1S/C30H18S2/c1-3-10-27-23(8-1)25-17-21(12-14-29(25)31-27)19-6-5-7-20(16-19)22-13-15-30-26(18-22)24-9-2-4-11-28(24)32-30/h1-18H. The summed E-state index contributed by atoms with van der Waals surface area (Å²) in [6, 6.07) is 40.1. The van der Waals surface area contributed by atoms with Gasteiger partial charge in [0, 0.05) is 40.3 Å². The highest BCUT2D eigenvalue weighted by molar-refractivity contribution is 7.26. The largest absolute Gasteiger partial charge is 0.135 e. The SMILES string of the molecule is c1cc(-c2ccc3sc4ccccc4c3c2)cc(-c2ccc3sc4ccccc4c3c2)c1. The first-order valence-electron chi connectivity index (χ1n) is 10.8. The summed E-state index contributed by atoms with van der Waals surface area (Å²) in [5.41, 5.74) is 5.06. The molecule has 0 atom stereocenters. The number of hydrogen-bond acceptors (Lipinski definition) is 2. The lowest BCUT2D eigenvalue weighted by Crippen LogP contribution is -1.82. The summed E-state index contributed by atoms with van der Waals surface area (Å²) in [5, 5.41) is 5.39. The molecular weight excluding hydrogens is 424 g/mol. The van der Waals surface area contributed by atoms with Gasteiger partial charge in [-0.2, -0.15) is 0 Å². The Hall–Kier alpha value is -3.46. The molecule has 0 aliphatic heterocycles. The van der Waals surface area contributed by atoms with Crippen molar-refractivity contribution >= 4 is 63.0 Å². The minimum absolute atomic E-state index is 1.26. The van der Waals surface area contributed by atoms with Crippen LogP contribution >= 0.6 is 22.7 Å². The molecule has 0 radical (unpaired) electrons. The van der Waals surface area contributed by atoms with Gasteiger partial charge >= 0.3 is 0 Å². The summed E-state index contributed by atoms with van der Waals surface area (Å²) in [7, 11) is 0. The minimum atomic E-state index is 1.26. The molecule has 0 saturated carbocycles. The first-order valence-corrected chi connectivity index (χ1v) is 12.4. The quantitative estimate of drug-likeness (QED) is 0.250. The summed E-state index contributed by atoms with van der Waals surface area (Å²) >= 11 is 3.74. The minimum Gasteiger partial charge on any atom is -0.135 e. The van der Waals surface area contributed by atoms with E-state index in [1.807, 2.05) is 22.7 Å². The van der Waals surface area contributed by atoms with Gasteiger partial charge in [0.25, 0.3) is 0 Å². The van der Waals surface area contributed by atoms with Crippen molar-refractivity contribution in [1.82, 2.24) is 0 Å². The van der Waals surface area contributed by atoms with Crippen molar-refractivity contribution in [2.75, 3.05) is 0 Å². The molecule has 2 heterocycles. The van der Waals surface area contributed by atoms with Gasteiger partial charge in [-0.1, -0.05) is 66.7 Å². The third kappa shape index (κ3) is 2.81. The molecule has 0 saturated heterocycles. The van der Waals surface area contributed by atoms with Gasteiger partial charge in [-0.25, -0.2) is 0 Å². The molecule has 0 nitrogen and oxygen atoms in total. The van der Waals surface area contributed by atoms with Crippen LogP contribution in [0.3, 0.4) is 0 Å². The van der Waals surface area contributed by atoms with Gasteiger partial charge in [0.05, 0.1) is 0 Å². The number of hydrogen-bond donors (Lipinski definition) is 0. The van der Waals surface area contributed by atoms with Crippen LogP contribution in [0.1, 0.15) is 0 Å². The fraction of sp³-hybridized carbons (Fsp3) is 0. The van der Waals surface area contributed by atoms with Crippen LogP contribution in [-0.4, -0.2) is 0 Å². The van der Waals surface area contributed by atoms with Crippen molar-refractivity contribution in [3.8, 4) is 22.3 Å². The molecule has 0 N–H and O–H groups in total. The summed E-state index contributed by atoms with van der Waals surface area (Å²) < 4.78 is 5.40. The molecule has 2 aromatic heterocycles. The van der Waals surface area contributed by atoms with Crippen molar-refractivity contribution in [3.63, 3.8) is 0 Å². The Bertz CT molecular complexity index is 1650. The maximum Gasteiger partial charge on any atom is 0.0355 e. The Morgan fingerprint density at radius 1 is 0.312 bits per heavy atom. The third-order valence-corrected chi connectivity index (χ3v) is 8.59. The monoisotopic (exact) mass is 442 g/mol. The van der Waals surface area contributed by atoms with E-state index in [1.54, 1.807) is 0 Å². The molecule has 2 heteroatoms. The van der Waals surface area contributed by atoms with E-state index in [-0.39, 0.29) is 0 Å². The molecule has 0 amide bonds. The Morgan fingerprint density at radius 3 is 1.28 bits per heavy atom. The molecule has 5 aromatic carbocycles. The van der Waals surface area contributed by atoms with Crippen LogP contribution in [0, 0.1) is 0 Å². The first-order chi connectivity index (χ1) is 15.8. The molecule has 0 bridgehead atoms. The Balaban J connectivity index is 1.37. The Kier molecular flexibility index (Phi) is 3.98. The fourth-order valence-corrected chi connectivity index (χ4v) is 6.86. The van der Waals surface area contributed by atoms with E-state index in [1.165, 1.54) is 62.6 Å². The predicted octanol–water partition coefficient (Wildman–Crippen LogP) is 9.76. The molecule has 0 spiro atoms. The van der Waals surface area contributed by atoms with Crippen LogP contribution in [0.4, 0.5) is 0 Å². The average Bonchev–Trinajstić information content (AvgIpc) is 3.41. The van der Waals surface area contributed by atoms with Crippen molar-refractivity contribution in [2.45, 2.75) is 0 Å². The Morgan fingerprint density at radius 2 is 0.750 bits per heavy atom. The van der Waals surface area contributed by atoms with Crippen LogP contribution in [0.5, 0.6) is 0 Å². The van der Waals surface area contributed by atoms with Crippen molar-refractivity contribution in [2.24, 2.45) is 0 Å². The number of rotatable bonds is 2. The summed E-state index contributed by atoms with van der Waals surface area (Å²) in [4.78, 5) is 0. The fourth-order valence-electron chi connectivity index (χ4n) is 4.69. The number of fused-ring (bicyclic) bond motifs is 6. The summed E-state index contributed by atoms with van der Waals surface area (Å²) in [5.74, 6) is 0. The highest BCUT2D eigenvalue weighted by Crippen LogP contribution is 2.38. The van der Waals surface area contributed by atoms with E-state index in [9.17, 15) is 0 Å². The number of benzene rings is 5. The second kappa shape index (κ2) is 7.03. The van der Waals surface area contributed by atoms with E-state index >= 15 is 0 Å². The molecule has 7 aromatic rings. The molecule has 32 heavy (non-hydrogen) atoms. The zero-order valence-corrected chi connectivity index (χ0v) is 18.8. The van der Waals surface area contributed by atoms with Crippen molar-refractivity contribution < 1.29 is 0 Å². The second-order valence-electron chi connectivity index (χ2n) is 8.20. The lowest BCUT2D eigenvalue weighted by atomic mass is 9.97. The topological polar surface area (TPSA) is 0 Å². The molecule has 0 fully saturated rings. The summed E-state index contributed by atoms with van der Waals surface area (Å²) in [6.07, 6.45) is 0. The summed E-state index contributed by atoms with van der Waals surface area (Å²) in [6.45, 7) is 0.